The van der Waals surface area contributed by atoms with Crippen molar-refractivity contribution in [2.24, 2.45) is 0 Å². The Labute approximate surface area is 209 Å². The molecule has 0 fully saturated rings. The van der Waals surface area contributed by atoms with Gasteiger partial charge in [-0.1, -0.05) is 31.6 Å². The molecule has 1 atom stereocenters. The van der Waals surface area contributed by atoms with Crippen LogP contribution in [0.1, 0.15) is 68.8 Å². The van der Waals surface area contributed by atoms with E-state index < -0.39 is 0 Å². The number of carbonyl (C=O) groups excluding carboxylic acids is 1. The third-order valence-electron chi connectivity index (χ3n) is 7.43. The van der Waals surface area contributed by atoms with Gasteiger partial charge in [-0.05, 0) is 68.9 Å². The molecule has 2 aromatic carbocycles. The minimum absolute atomic E-state index is 0.100. The van der Waals surface area contributed by atoms with Gasteiger partial charge in [0.2, 0.25) is 0 Å². The lowest BCUT2D eigenvalue weighted by Gasteiger charge is -2.30. The molecule has 0 radical (unpaired) electrons. The monoisotopic (exact) mass is 473 g/mol. The Bertz CT molecular complexity index is 1210. The molecule has 0 bridgehead atoms. The molecule has 5 heteroatoms. The Kier molecular flexibility index (Phi) is 7.97. The molecule has 2 heterocycles. The van der Waals surface area contributed by atoms with E-state index in [1.807, 2.05) is 24.4 Å². The summed E-state index contributed by atoms with van der Waals surface area (Å²) in [5, 5.41) is 4.69. The third kappa shape index (κ3) is 5.79. The first-order valence-electron chi connectivity index (χ1n) is 12.8. The van der Waals surface area contributed by atoms with Crippen molar-refractivity contribution in [3.05, 3.63) is 71.1 Å². The molecule has 0 amide bonds. The number of methoxy groups -OCH3 is 1. The summed E-state index contributed by atoms with van der Waals surface area (Å²) in [5.41, 5.74) is 7.18. The predicted molar refractivity (Wildman–Crippen MR) is 146 cm³/mol. The van der Waals surface area contributed by atoms with Gasteiger partial charge in [0, 0.05) is 60.8 Å². The second-order valence-corrected chi connectivity index (χ2v) is 9.87. The third-order valence-corrected chi connectivity index (χ3v) is 7.43. The molecule has 4 rings (SSSR count). The Morgan fingerprint density at radius 1 is 1.14 bits per heavy atom. The maximum Gasteiger partial charge on any atom is 0.161 e. The summed E-state index contributed by atoms with van der Waals surface area (Å²) in [6.45, 7) is 12.3. The highest BCUT2D eigenvalue weighted by Gasteiger charge is 2.18. The molecular formula is C30H39N3O2. The van der Waals surface area contributed by atoms with Gasteiger partial charge in [-0.3, -0.25) is 9.69 Å². The highest BCUT2D eigenvalue weighted by atomic mass is 16.5. The number of ether oxygens (including phenoxy) is 1. The first kappa shape index (κ1) is 25.1. The summed E-state index contributed by atoms with van der Waals surface area (Å²) >= 11 is 0. The highest BCUT2D eigenvalue weighted by molar-refractivity contribution is 6.07. The lowest BCUT2D eigenvalue weighted by molar-refractivity contribution is 0.101. The Balaban J connectivity index is 1.38. The number of fused-ring (bicyclic) bond motifs is 1. The summed E-state index contributed by atoms with van der Waals surface area (Å²) < 4.78 is 7.63. The lowest BCUT2D eigenvalue weighted by atomic mass is 9.98. The fourth-order valence-electron chi connectivity index (χ4n) is 4.89. The summed E-state index contributed by atoms with van der Waals surface area (Å²) in [6, 6.07) is 14.9. The molecule has 5 nitrogen and oxygen atoms in total. The number of carbonyl (C=O) groups is 1. The van der Waals surface area contributed by atoms with Crippen molar-refractivity contribution in [1.29, 1.82) is 0 Å². The van der Waals surface area contributed by atoms with Crippen LogP contribution in [0.15, 0.2) is 59.9 Å². The van der Waals surface area contributed by atoms with E-state index in [-0.39, 0.29) is 5.78 Å². The minimum Gasteiger partial charge on any atom is -0.497 e. The average Bonchev–Trinajstić information content (AvgIpc) is 3.24. The molecule has 0 saturated heterocycles. The molecule has 1 aromatic heterocycles. The molecular weight excluding hydrogens is 434 g/mol. The normalized spacial score (nSPS) is 15.5. The molecule has 186 valence electrons. The zero-order valence-corrected chi connectivity index (χ0v) is 21.9. The van der Waals surface area contributed by atoms with Crippen molar-refractivity contribution < 1.29 is 9.53 Å². The molecule has 1 aliphatic heterocycles. The molecule has 1 N–H and O–H groups in total. The first-order chi connectivity index (χ1) is 16.9. The molecule has 35 heavy (non-hydrogen) atoms. The van der Waals surface area contributed by atoms with Crippen LogP contribution in [0, 0.1) is 0 Å². The largest absolute Gasteiger partial charge is 0.497 e. The number of aryl methyl sites for hydroxylation is 1. The van der Waals surface area contributed by atoms with Crippen LogP contribution in [0.3, 0.4) is 0 Å². The minimum atomic E-state index is 0.100. The standard InChI is InChI=1S/C30H39N3O2/c1-6-21(2)24-8-10-25(11-9-24)31-29-20-32(17-14-22(29)3)15-7-16-33-19-28(23(4)34)27-13-12-26(35-5)18-30(27)33/h8-13,18-19,21,31H,6-7,14-17,20H2,1-5H3. The lowest BCUT2D eigenvalue weighted by Crippen LogP contribution is -2.34. The van der Waals surface area contributed by atoms with Crippen LogP contribution in [0.25, 0.3) is 10.9 Å². The fraction of sp³-hybridized carbons (Fsp3) is 0.433. The number of hydrogen-bond acceptors (Lipinski definition) is 4. The molecule has 0 aliphatic carbocycles. The maximum atomic E-state index is 12.2. The van der Waals surface area contributed by atoms with E-state index in [2.05, 4.69) is 59.8 Å². The van der Waals surface area contributed by atoms with Gasteiger partial charge in [-0.25, -0.2) is 0 Å². The van der Waals surface area contributed by atoms with Gasteiger partial charge in [0.15, 0.2) is 5.78 Å². The van der Waals surface area contributed by atoms with Crippen molar-refractivity contribution in [3.63, 3.8) is 0 Å². The van der Waals surface area contributed by atoms with E-state index in [0.29, 0.717) is 5.92 Å². The number of anilines is 1. The molecule has 0 spiro atoms. The SMILES string of the molecule is CCC(C)c1ccc(NC2=C(C)CCN(CCCn3cc(C(C)=O)c4ccc(OC)cc43)C2)cc1. The molecule has 0 saturated carbocycles. The summed E-state index contributed by atoms with van der Waals surface area (Å²) in [7, 11) is 1.68. The number of benzene rings is 2. The second kappa shape index (κ2) is 11.1. The molecule has 1 unspecified atom stereocenters. The van der Waals surface area contributed by atoms with Crippen LogP contribution in [-0.2, 0) is 6.54 Å². The number of Topliss-reactive ketones (excluding diaryl/α,β-unsaturated/α-hetero) is 1. The zero-order chi connectivity index (χ0) is 24.9. The second-order valence-electron chi connectivity index (χ2n) is 9.87. The van der Waals surface area contributed by atoms with Gasteiger partial charge in [-0.15, -0.1) is 0 Å². The van der Waals surface area contributed by atoms with Crippen LogP contribution >= 0.6 is 0 Å². The van der Waals surface area contributed by atoms with Crippen LogP contribution < -0.4 is 10.1 Å². The van der Waals surface area contributed by atoms with E-state index in [1.165, 1.54) is 16.8 Å². The predicted octanol–water partition coefficient (Wildman–Crippen LogP) is 6.85. The molecule has 3 aromatic rings. The Morgan fingerprint density at radius 3 is 2.60 bits per heavy atom. The van der Waals surface area contributed by atoms with Crippen molar-refractivity contribution in [1.82, 2.24) is 9.47 Å². The van der Waals surface area contributed by atoms with Gasteiger partial charge in [-0.2, -0.15) is 0 Å². The van der Waals surface area contributed by atoms with Crippen molar-refractivity contribution in [2.45, 2.75) is 59.4 Å². The Hall–Kier alpha value is -3.05. The number of rotatable bonds is 10. The number of ketones is 1. The van der Waals surface area contributed by atoms with Gasteiger partial charge >= 0.3 is 0 Å². The van der Waals surface area contributed by atoms with Crippen molar-refractivity contribution in [2.75, 3.05) is 32.1 Å². The van der Waals surface area contributed by atoms with Gasteiger partial charge in [0.05, 0.1) is 12.6 Å². The van der Waals surface area contributed by atoms with E-state index in [1.54, 1.807) is 14.0 Å². The quantitative estimate of drug-likeness (QED) is 0.327. The summed E-state index contributed by atoms with van der Waals surface area (Å²) in [4.78, 5) is 14.7. The van der Waals surface area contributed by atoms with Crippen LogP contribution in [0.2, 0.25) is 0 Å². The van der Waals surface area contributed by atoms with Crippen molar-refractivity contribution >= 4 is 22.4 Å². The number of aromatic nitrogens is 1. The van der Waals surface area contributed by atoms with E-state index >= 15 is 0 Å². The van der Waals surface area contributed by atoms with Gasteiger partial charge in [0.1, 0.15) is 5.75 Å². The average molecular weight is 474 g/mol. The highest BCUT2D eigenvalue weighted by Crippen LogP contribution is 2.27. The van der Waals surface area contributed by atoms with E-state index in [4.69, 9.17) is 4.74 Å². The topological polar surface area (TPSA) is 46.5 Å². The van der Waals surface area contributed by atoms with Gasteiger partial charge < -0.3 is 14.6 Å². The zero-order valence-electron chi connectivity index (χ0n) is 21.9. The van der Waals surface area contributed by atoms with E-state index in [0.717, 1.165) is 73.3 Å². The van der Waals surface area contributed by atoms with E-state index in [9.17, 15) is 4.79 Å². The number of nitrogens with one attached hydrogen (secondary N) is 1. The van der Waals surface area contributed by atoms with Crippen molar-refractivity contribution in [3.8, 4) is 5.75 Å². The number of hydrogen-bond donors (Lipinski definition) is 1. The molecule has 1 aliphatic rings. The summed E-state index contributed by atoms with van der Waals surface area (Å²) in [6.07, 6.45) is 5.27. The van der Waals surface area contributed by atoms with Gasteiger partial charge in [0.25, 0.3) is 0 Å². The Morgan fingerprint density at radius 2 is 1.91 bits per heavy atom. The summed E-state index contributed by atoms with van der Waals surface area (Å²) in [5.74, 6) is 1.51. The fourth-order valence-corrected chi connectivity index (χ4v) is 4.89. The number of nitrogens with zero attached hydrogens (tertiary/aromatic N) is 2. The van der Waals surface area contributed by atoms with Crippen LogP contribution in [0.4, 0.5) is 5.69 Å². The first-order valence-corrected chi connectivity index (χ1v) is 12.8. The maximum absolute atomic E-state index is 12.2. The van der Waals surface area contributed by atoms with Crippen LogP contribution in [0.5, 0.6) is 5.75 Å². The van der Waals surface area contributed by atoms with Crippen LogP contribution in [-0.4, -0.2) is 42.0 Å². The smallest absolute Gasteiger partial charge is 0.161 e.